The van der Waals surface area contributed by atoms with Crippen molar-refractivity contribution in [1.82, 2.24) is 0 Å². The molecule has 0 N–H and O–H groups in total. The summed E-state index contributed by atoms with van der Waals surface area (Å²) < 4.78 is 5.59. The van der Waals surface area contributed by atoms with E-state index in [0.717, 1.165) is 38.9 Å². The van der Waals surface area contributed by atoms with Crippen LogP contribution in [0.25, 0.3) is 0 Å². The molecule has 92 valence electrons. The Labute approximate surface area is 105 Å². The molecule has 0 spiro atoms. The van der Waals surface area contributed by atoms with Gasteiger partial charge in [0.2, 0.25) is 0 Å². The number of ether oxygens (including phenoxy) is 1. The van der Waals surface area contributed by atoms with Crippen molar-refractivity contribution in [1.29, 1.82) is 0 Å². The second-order valence-corrected chi connectivity index (χ2v) is 4.26. The third-order valence-corrected chi connectivity index (χ3v) is 2.74. The zero-order valence-corrected chi connectivity index (χ0v) is 10.7. The highest BCUT2D eigenvalue weighted by atomic mass is 16.5. The van der Waals surface area contributed by atoms with E-state index in [1.165, 1.54) is 11.1 Å². The van der Waals surface area contributed by atoms with Gasteiger partial charge in [0.25, 0.3) is 0 Å². The van der Waals surface area contributed by atoms with Gasteiger partial charge in [-0.1, -0.05) is 36.9 Å². The first-order valence-corrected chi connectivity index (χ1v) is 6.30. The Morgan fingerprint density at radius 1 is 1.18 bits per heavy atom. The number of benzene rings is 1. The third kappa shape index (κ3) is 6.78. The molecular weight excluding hydrogens is 208 g/mol. The second kappa shape index (κ2) is 8.81. The van der Waals surface area contributed by atoms with Gasteiger partial charge in [0.1, 0.15) is 0 Å². The Hall–Kier alpha value is -1.30. The molecule has 0 bridgehead atoms. The molecule has 0 saturated heterocycles. The minimum atomic E-state index is 0.841. The first kappa shape index (κ1) is 13.8. The van der Waals surface area contributed by atoms with E-state index in [1.807, 2.05) is 0 Å². The predicted octanol–water partition coefficient (Wildman–Crippen LogP) is 4.15. The largest absolute Gasteiger partial charge is 0.381 e. The van der Waals surface area contributed by atoms with Crippen LogP contribution in [-0.2, 0) is 11.2 Å². The van der Waals surface area contributed by atoms with Crippen molar-refractivity contribution in [2.75, 3.05) is 13.2 Å². The van der Waals surface area contributed by atoms with Crippen molar-refractivity contribution in [3.8, 4) is 0 Å². The van der Waals surface area contributed by atoms with Crippen LogP contribution in [0.15, 0.2) is 48.2 Å². The summed E-state index contributed by atoms with van der Waals surface area (Å²) in [5.74, 6) is 0. The molecule has 1 heteroatoms. The molecule has 17 heavy (non-hydrogen) atoms. The Bertz CT molecular complexity index is 347. The Morgan fingerprint density at radius 2 is 1.88 bits per heavy atom. The van der Waals surface area contributed by atoms with Crippen LogP contribution >= 0.6 is 0 Å². The van der Waals surface area contributed by atoms with Crippen LogP contribution in [0.1, 0.15) is 31.7 Å². The number of rotatable bonds is 8. The molecule has 1 aromatic rings. The molecule has 0 atom stereocenters. The molecule has 0 aromatic heterocycles. The highest BCUT2D eigenvalue weighted by molar-refractivity contribution is 5.14. The van der Waals surface area contributed by atoms with Gasteiger partial charge in [-0.2, -0.15) is 0 Å². The molecule has 0 heterocycles. The van der Waals surface area contributed by atoms with Crippen LogP contribution in [0, 0.1) is 0 Å². The maximum absolute atomic E-state index is 5.59. The molecular formula is C16H22O. The molecule has 0 aliphatic carbocycles. The summed E-state index contributed by atoms with van der Waals surface area (Å²) in [6, 6.07) is 10.5. The summed E-state index contributed by atoms with van der Waals surface area (Å²) in [7, 11) is 0. The average molecular weight is 230 g/mol. The first-order chi connectivity index (χ1) is 8.33. The SMILES string of the molecule is C=C=C(C)CCCOCCCc1ccccc1. The fourth-order valence-corrected chi connectivity index (χ4v) is 1.65. The van der Waals surface area contributed by atoms with Gasteiger partial charge in [0, 0.05) is 13.2 Å². The standard InChI is InChI=1S/C16H22O/c1-3-15(2)9-7-13-17-14-8-12-16-10-5-4-6-11-16/h4-6,10-11H,1,7-9,12-14H2,2H3. The zero-order valence-electron chi connectivity index (χ0n) is 10.7. The van der Waals surface area contributed by atoms with Gasteiger partial charge in [-0.3, -0.25) is 0 Å². The molecule has 1 rings (SSSR count). The smallest absolute Gasteiger partial charge is 0.0469 e. The molecule has 0 radical (unpaired) electrons. The summed E-state index contributed by atoms with van der Waals surface area (Å²) in [4.78, 5) is 0. The molecule has 0 amide bonds. The Kier molecular flexibility index (Phi) is 7.13. The molecule has 0 fully saturated rings. The van der Waals surface area contributed by atoms with E-state index >= 15 is 0 Å². The fraction of sp³-hybridized carbons (Fsp3) is 0.438. The fourth-order valence-electron chi connectivity index (χ4n) is 1.65. The van der Waals surface area contributed by atoms with Crippen molar-refractivity contribution in [3.05, 3.63) is 53.8 Å². The van der Waals surface area contributed by atoms with Gasteiger partial charge in [-0.25, -0.2) is 0 Å². The summed E-state index contributed by atoms with van der Waals surface area (Å²) in [6.45, 7) is 7.37. The number of aryl methyl sites for hydroxylation is 1. The van der Waals surface area contributed by atoms with Gasteiger partial charge in [-0.15, -0.1) is 5.73 Å². The second-order valence-electron chi connectivity index (χ2n) is 4.26. The normalized spacial score (nSPS) is 9.94. The molecule has 1 nitrogen and oxygen atoms in total. The van der Waals surface area contributed by atoms with Crippen LogP contribution < -0.4 is 0 Å². The predicted molar refractivity (Wildman–Crippen MR) is 73.1 cm³/mol. The molecule has 0 aliphatic rings. The third-order valence-electron chi connectivity index (χ3n) is 2.74. The highest BCUT2D eigenvalue weighted by Gasteiger charge is 1.93. The molecule has 0 saturated carbocycles. The number of hydrogen-bond acceptors (Lipinski definition) is 1. The molecule has 1 aromatic carbocycles. The molecule has 0 aliphatic heterocycles. The number of allylic oxidation sites excluding steroid dienone is 1. The zero-order chi connectivity index (χ0) is 12.3. The molecule has 0 unspecified atom stereocenters. The van der Waals surface area contributed by atoms with E-state index in [-0.39, 0.29) is 0 Å². The van der Waals surface area contributed by atoms with Gasteiger partial charge >= 0.3 is 0 Å². The van der Waals surface area contributed by atoms with Crippen LogP contribution in [0.4, 0.5) is 0 Å². The topological polar surface area (TPSA) is 9.23 Å². The van der Waals surface area contributed by atoms with Gasteiger partial charge in [0.05, 0.1) is 0 Å². The monoisotopic (exact) mass is 230 g/mol. The maximum Gasteiger partial charge on any atom is 0.0469 e. The summed E-state index contributed by atoms with van der Waals surface area (Å²) in [6.07, 6.45) is 4.31. The van der Waals surface area contributed by atoms with E-state index in [2.05, 4.69) is 49.6 Å². The number of hydrogen-bond donors (Lipinski definition) is 0. The quantitative estimate of drug-likeness (QED) is 0.481. The van der Waals surface area contributed by atoms with E-state index in [9.17, 15) is 0 Å². The van der Waals surface area contributed by atoms with E-state index in [0.29, 0.717) is 0 Å². The van der Waals surface area contributed by atoms with Gasteiger partial charge < -0.3 is 4.74 Å². The lowest BCUT2D eigenvalue weighted by Gasteiger charge is -2.04. The van der Waals surface area contributed by atoms with Crippen LogP contribution in [-0.4, -0.2) is 13.2 Å². The highest BCUT2D eigenvalue weighted by Crippen LogP contribution is 2.04. The van der Waals surface area contributed by atoms with Gasteiger partial charge in [0.15, 0.2) is 0 Å². The van der Waals surface area contributed by atoms with Crippen molar-refractivity contribution in [3.63, 3.8) is 0 Å². The minimum Gasteiger partial charge on any atom is -0.381 e. The van der Waals surface area contributed by atoms with Crippen molar-refractivity contribution < 1.29 is 4.74 Å². The van der Waals surface area contributed by atoms with Gasteiger partial charge in [-0.05, 0) is 43.7 Å². The first-order valence-electron chi connectivity index (χ1n) is 6.30. The van der Waals surface area contributed by atoms with Crippen molar-refractivity contribution in [2.24, 2.45) is 0 Å². The average Bonchev–Trinajstić information content (AvgIpc) is 2.38. The summed E-state index contributed by atoms with van der Waals surface area (Å²) in [5.41, 5.74) is 5.51. The van der Waals surface area contributed by atoms with E-state index in [1.54, 1.807) is 0 Å². The minimum absolute atomic E-state index is 0.841. The maximum atomic E-state index is 5.59. The lowest BCUT2D eigenvalue weighted by atomic mass is 10.1. The Balaban J connectivity index is 1.97. The van der Waals surface area contributed by atoms with Crippen LogP contribution in [0.3, 0.4) is 0 Å². The van der Waals surface area contributed by atoms with E-state index < -0.39 is 0 Å². The van der Waals surface area contributed by atoms with Crippen LogP contribution in [0.2, 0.25) is 0 Å². The summed E-state index contributed by atoms with van der Waals surface area (Å²) in [5, 5.41) is 0. The Morgan fingerprint density at radius 3 is 2.59 bits per heavy atom. The lowest BCUT2D eigenvalue weighted by Crippen LogP contribution is -1.99. The summed E-state index contributed by atoms with van der Waals surface area (Å²) >= 11 is 0. The lowest BCUT2D eigenvalue weighted by molar-refractivity contribution is 0.130. The van der Waals surface area contributed by atoms with E-state index in [4.69, 9.17) is 4.74 Å². The van der Waals surface area contributed by atoms with Crippen molar-refractivity contribution in [2.45, 2.75) is 32.6 Å². The van der Waals surface area contributed by atoms with Crippen LogP contribution in [0.5, 0.6) is 0 Å². The van der Waals surface area contributed by atoms with Crippen molar-refractivity contribution >= 4 is 0 Å².